The molecule has 0 bridgehead atoms. The number of benzene rings is 1. The monoisotopic (exact) mass is 314 g/mol. The van der Waals surface area contributed by atoms with E-state index in [0.717, 1.165) is 11.1 Å². The number of nitrogens with one attached hydrogen (secondary N) is 1. The van der Waals surface area contributed by atoms with E-state index in [1.165, 1.54) is 0 Å². The highest BCUT2D eigenvalue weighted by Gasteiger charge is 2.19. The maximum Gasteiger partial charge on any atom is 0.241 e. The van der Waals surface area contributed by atoms with E-state index >= 15 is 0 Å². The topological polar surface area (TPSA) is 75.4 Å². The fraction of sp³-hybridized carbons (Fsp3) is 0.562. The van der Waals surface area contributed by atoms with E-state index in [-0.39, 0.29) is 30.3 Å². The van der Waals surface area contributed by atoms with E-state index in [9.17, 15) is 9.90 Å². The summed E-state index contributed by atoms with van der Waals surface area (Å²) < 4.78 is 0. The Balaban J connectivity index is 0.00000400. The Kier molecular flexibility index (Phi) is 7.93. The molecule has 0 saturated heterocycles. The van der Waals surface area contributed by atoms with E-state index in [0.29, 0.717) is 6.42 Å². The van der Waals surface area contributed by atoms with Gasteiger partial charge in [-0.1, -0.05) is 50.6 Å². The van der Waals surface area contributed by atoms with Crippen molar-refractivity contribution in [2.45, 2.75) is 46.3 Å². The van der Waals surface area contributed by atoms with Crippen molar-refractivity contribution in [3.8, 4) is 0 Å². The lowest BCUT2D eigenvalue weighted by atomic mass is 9.89. The molecule has 1 aromatic carbocycles. The first-order chi connectivity index (χ1) is 9.19. The van der Waals surface area contributed by atoms with Gasteiger partial charge in [0.1, 0.15) is 6.04 Å². The minimum Gasteiger partial charge on any atom is -0.391 e. The molecule has 0 aliphatic heterocycles. The average molecular weight is 315 g/mol. The largest absolute Gasteiger partial charge is 0.391 e. The van der Waals surface area contributed by atoms with Crippen LogP contribution in [0.25, 0.3) is 0 Å². The molecule has 120 valence electrons. The quantitative estimate of drug-likeness (QED) is 0.781. The number of hydrogen-bond donors (Lipinski definition) is 3. The van der Waals surface area contributed by atoms with E-state index in [1.54, 1.807) is 0 Å². The van der Waals surface area contributed by atoms with Crippen LogP contribution in [0.15, 0.2) is 24.3 Å². The van der Waals surface area contributed by atoms with Crippen LogP contribution in [0, 0.1) is 12.3 Å². The van der Waals surface area contributed by atoms with Gasteiger partial charge >= 0.3 is 0 Å². The predicted molar refractivity (Wildman–Crippen MR) is 88.4 cm³/mol. The first-order valence-electron chi connectivity index (χ1n) is 6.97. The standard InChI is InChI=1S/C16H26N2O2.ClH/c1-11-5-7-12(8-6-11)14(17)15(20)18-10-13(19)9-16(2,3)4;/h5-8,13-14,19H,9-10,17H2,1-4H3,(H,18,20);1H. The molecule has 4 N–H and O–H groups in total. The molecule has 1 aromatic rings. The number of rotatable bonds is 5. The van der Waals surface area contributed by atoms with Gasteiger partial charge in [0, 0.05) is 6.54 Å². The highest BCUT2D eigenvalue weighted by atomic mass is 35.5. The molecule has 0 aromatic heterocycles. The van der Waals surface area contributed by atoms with Gasteiger partial charge in [-0.3, -0.25) is 4.79 Å². The third kappa shape index (κ3) is 7.46. The minimum absolute atomic E-state index is 0. The van der Waals surface area contributed by atoms with Crippen LogP contribution in [-0.4, -0.2) is 23.7 Å². The van der Waals surface area contributed by atoms with Crippen molar-refractivity contribution in [2.75, 3.05) is 6.54 Å². The molecule has 0 spiro atoms. The number of nitrogens with two attached hydrogens (primary N) is 1. The summed E-state index contributed by atoms with van der Waals surface area (Å²) in [5.74, 6) is -0.262. The van der Waals surface area contributed by atoms with Crippen LogP contribution in [0.1, 0.15) is 44.4 Å². The maximum absolute atomic E-state index is 12.0. The smallest absolute Gasteiger partial charge is 0.241 e. The summed E-state index contributed by atoms with van der Waals surface area (Å²) in [6.07, 6.45) is 0.0803. The summed E-state index contributed by atoms with van der Waals surface area (Å²) >= 11 is 0. The lowest BCUT2D eigenvalue weighted by Gasteiger charge is -2.23. The highest BCUT2D eigenvalue weighted by Crippen LogP contribution is 2.20. The van der Waals surface area contributed by atoms with Crippen molar-refractivity contribution >= 4 is 18.3 Å². The van der Waals surface area contributed by atoms with Crippen LogP contribution in [0.4, 0.5) is 0 Å². The Bertz CT molecular complexity index is 441. The normalized spacial score (nSPS) is 14.0. The number of halogens is 1. The SMILES string of the molecule is Cc1ccc(C(N)C(=O)NCC(O)CC(C)(C)C)cc1.Cl. The van der Waals surface area contributed by atoms with Gasteiger partial charge in [0.15, 0.2) is 0 Å². The first-order valence-corrected chi connectivity index (χ1v) is 6.97. The van der Waals surface area contributed by atoms with Crippen molar-refractivity contribution in [3.63, 3.8) is 0 Å². The Morgan fingerprint density at radius 1 is 1.29 bits per heavy atom. The summed E-state index contributed by atoms with van der Waals surface area (Å²) in [5.41, 5.74) is 7.84. The van der Waals surface area contributed by atoms with Crippen LogP contribution in [0.3, 0.4) is 0 Å². The van der Waals surface area contributed by atoms with Gasteiger partial charge in [-0.05, 0) is 24.3 Å². The molecular formula is C16H27ClN2O2. The number of hydrogen-bond acceptors (Lipinski definition) is 3. The van der Waals surface area contributed by atoms with Crippen molar-refractivity contribution in [2.24, 2.45) is 11.1 Å². The van der Waals surface area contributed by atoms with Gasteiger partial charge in [0.2, 0.25) is 5.91 Å². The molecule has 0 fully saturated rings. The fourth-order valence-electron chi connectivity index (χ4n) is 2.03. The summed E-state index contributed by atoms with van der Waals surface area (Å²) in [7, 11) is 0. The Hall–Kier alpha value is -1.10. The third-order valence-corrected chi connectivity index (χ3v) is 3.08. The average Bonchev–Trinajstić information content (AvgIpc) is 2.34. The minimum atomic E-state index is -0.697. The molecule has 0 aliphatic carbocycles. The van der Waals surface area contributed by atoms with Crippen molar-refractivity contribution < 1.29 is 9.90 Å². The van der Waals surface area contributed by atoms with Gasteiger partial charge < -0.3 is 16.2 Å². The fourth-order valence-corrected chi connectivity index (χ4v) is 2.03. The molecule has 4 nitrogen and oxygen atoms in total. The van der Waals surface area contributed by atoms with Gasteiger partial charge in [-0.2, -0.15) is 0 Å². The molecule has 0 aliphatic rings. The van der Waals surface area contributed by atoms with E-state index in [2.05, 4.69) is 26.1 Å². The molecule has 0 heterocycles. The zero-order valence-electron chi connectivity index (χ0n) is 13.2. The number of amides is 1. The molecule has 2 atom stereocenters. The number of carbonyl (C=O) groups is 1. The summed E-state index contributed by atoms with van der Waals surface area (Å²) in [6, 6.07) is 6.86. The first kappa shape index (κ1) is 19.9. The Morgan fingerprint density at radius 2 is 1.81 bits per heavy atom. The third-order valence-electron chi connectivity index (χ3n) is 3.08. The summed E-state index contributed by atoms with van der Waals surface area (Å²) in [5, 5.41) is 12.6. The molecule has 0 saturated carbocycles. The van der Waals surface area contributed by atoms with Crippen molar-refractivity contribution in [1.29, 1.82) is 0 Å². The highest BCUT2D eigenvalue weighted by molar-refractivity contribution is 5.85. The molecule has 5 heteroatoms. The van der Waals surface area contributed by atoms with Gasteiger partial charge in [0.05, 0.1) is 6.10 Å². The lowest BCUT2D eigenvalue weighted by molar-refractivity contribution is -0.123. The van der Waals surface area contributed by atoms with Gasteiger partial charge in [0.25, 0.3) is 0 Å². The van der Waals surface area contributed by atoms with Crippen molar-refractivity contribution in [1.82, 2.24) is 5.32 Å². The lowest BCUT2D eigenvalue weighted by Crippen LogP contribution is -2.39. The van der Waals surface area contributed by atoms with Crippen LogP contribution < -0.4 is 11.1 Å². The number of aliphatic hydroxyl groups is 1. The second kappa shape index (κ2) is 8.37. The second-order valence-corrected chi connectivity index (χ2v) is 6.55. The molecular weight excluding hydrogens is 288 g/mol. The molecule has 21 heavy (non-hydrogen) atoms. The van der Waals surface area contributed by atoms with E-state index in [1.807, 2.05) is 31.2 Å². The number of aryl methyl sites for hydroxylation is 1. The van der Waals surface area contributed by atoms with E-state index < -0.39 is 12.1 Å². The van der Waals surface area contributed by atoms with Crippen LogP contribution >= 0.6 is 12.4 Å². The maximum atomic E-state index is 12.0. The summed E-state index contributed by atoms with van der Waals surface area (Å²) in [6.45, 7) is 8.37. The van der Waals surface area contributed by atoms with E-state index in [4.69, 9.17) is 5.73 Å². The second-order valence-electron chi connectivity index (χ2n) is 6.55. The van der Waals surface area contributed by atoms with Crippen LogP contribution in [-0.2, 0) is 4.79 Å². The Labute approximate surface area is 133 Å². The molecule has 1 amide bonds. The number of aliphatic hydroxyl groups excluding tert-OH is 1. The number of carbonyl (C=O) groups excluding carboxylic acids is 1. The van der Waals surface area contributed by atoms with Crippen LogP contribution in [0.2, 0.25) is 0 Å². The molecule has 1 rings (SSSR count). The zero-order valence-corrected chi connectivity index (χ0v) is 14.0. The molecule has 0 radical (unpaired) electrons. The molecule has 2 unspecified atom stereocenters. The van der Waals surface area contributed by atoms with Gasteiger partial charge in [-0.25, -0.2) is 0 Å². The van der Waals surface area contributed by atoms with Crippen molar-refractivity contribution in [3.05, 3.63) is 35.4 Å². The van der Waals surface area contributed by atoms with Crippen LogP contribution in [0.5, 0.6) is 0 Å². The predicted octanol–water partition coefficient (Wildman–Crippen LogP) is 2.33. The Morgan fingerprint density at radius 3 is 2.29 bits per heavy atom. The van der Waals surface area contributed by atoms with Gasteiger partial charge in [-0.15, -0.1) is 12.4 Å². The summed E-state index contributed by atoms with van der Waals surface area (Å²) in [4.78, 5) is 12.0. The zero-order chi connectivity index (χ0) is 15.3.